The normalized spacial score (nSPS) is 10.8. The van der Waals surface area contributed by atoms with Gasteiger partial charge in [-0.15, -0.1) is 5.10 Å². The monoisotopic (exact) mass is 305 g/mol. The average molecular weight is 305 g/mol. The van der Waals surface area contributed by atoms with E-state index in [0.717, 1.165) is 11.0 Å². The van der Waals surface area contributed by atoms with Crippen LogP contribution in [-0.4, -0.2) is 16.1 Å². The number of nitrogens with one attached hydrogen (secondary N) is 1. The van der Waals surface area contributed by atoms with E-state index in [1.165, 1.54) is 0 Å². The average Bonchev–Trinajstić information content (AvgIpc) is 3.21. The lowest BCUT2D eigenvalue weighted by atomic mass is 10.2. The van der Waals surface area contributed by atoms with Gasteiger partial charge in [-0.25, -0.2) is 0 Å². The van der Waals surface area contributed by atoms with Crippen LogP contribution < -0.4 is 5.32 Å². The number of rotatable bonds is 3. The van der Waals surface area contributed by atoms with Crippen LogP contribution in [0.1, 0.15) is 10.4 Å². The fraction of sp³-hybridized carbons (Fsp3) is 0. The Balaban J connectivity index is 1.58. The summed E-state index contributed by atoms with van der Waals surface area (Å²) in [6, 6.07) is 18.2. The van der Waals surface area contributed by atoms with E-state index in [0.29, 0.717) is 11.3 Å². The second-order valence-corrected chi connectivity index (χ2v) is 4.88. The van der Waals surface area contributed by atoms with E-state index in [-0.39, 0.29) is 17.8 Å². The molecule has 4 rings (SSSR count). The van der Waals surface area contributed by atoms with Crippen molar-refractivity contribution < 1.29 is 13.6 Å². The van der Waals surface area contributed by atoms with E-state index in [1.807, 2.05) is 36.4 Å². The van der Waals surface area contributed by atoms with E-state index in [1.54, 1.807) is 24.3 Å². The molecule has 0 aliphatic rings. The van der Waals surface area contributed by atoms with Gasteiger partial charge in [-0.2, -0.15) is 0 Å². The third-order valence-electron chi connectivity index (χ3n) is 3.32. The van der Waals surface area contributed by atoms with Crippen molar-refractivity contribution in [2.75, 3.05) is 5.32 Å². The highest BCUT2D eigenvalue weighted by molar-refractivity contribution is 6.03. The standard InChI is InChI=1S/C17H11N3O3/c21-15(11-6-2-1-3-7-11)18-17-20-19-16(23-17)14-10-12-8-4-5-9-13(12)22-14/h1-10H,(H,18,20,21). The Kier molecular flexibility index (Phi) is 3.12. The Hall–Kier alpha value is -3.41. The third kappa shape index (κ3) is 2.57. The van der Waals surface area contributed by atoms with Crippen LogP contribution in [0.15, 0.2) is 69.5 Å². The zero-order chi connectivity index (χ0) is 15.6. The summed E-state index contributed by atoms with van der Waals surface area (Å²) in [5.74, 6) is 0.355. The number of para-hydroxylation sites is 1. The number of benzene rings is 2. The summed E-state index contributed by atoms with van der Waals surface area (Å²) in [5.41, 5.74) is 1.24. The number of aromatic nitrogens is 2. The van der Waals surface area contributed by atoms with Crippen LogP contribution in [0.25, 0.3) is 22.6 Å². The molecule has 23 heavy (non-hydrogen) atoms. The summed E-state index contributed by atoms with van der Waals surface area (Å²) in [5, 5.41) is 11.2. The van der Waals surface area contributed by atoms with Crippen molar-refractivity contribution in [2.45, 2.75) is 0 Å². The summed E-state index contributed by atoms with van der Waals surface area (Å²) >= 11 is 0. The van der Waals surface area contributed by atoms with Crippen LogP contribution in [0.3, 0.4) is 0 Å². The van der Waals surface area contributed by atoms with E-state index >= 15 is 0 Å². The van der Waals surface area contributed by atoms with Gasteiger partial charge in [0, 0.05) is 10.9 Å². The van der Waals surface area contributed by atoms with Gasteiger partial charge in [-0.3, -0.25) is 10.1 Å². The molecular formula is C17H11N3O3. The van der Waals surface area contributed by atoms with E-state index in [2.05, 4.69) is 15.5 Å². The molecular weight excluding hydrogens is 294 g/mol. The van der Waals surface area contributed by atoms with Crippen LogP contribution in [0.2, 0.25) is 0 Å². The van der Waals surface area contributed by atoms with Crippen molar-refractivity contribution in [3.05, 3.63) is 66.2 Å². The molecule has 2 aromatic carbocycles. The van der Waals surface area contributed by atoms with Gasteiger partial charge in [0.25, 0.3) is 11.8 Å². The van der Waals surface area contributed by atoms with Gasteiger partial charge in [0.1, 0.15) is 5.58 Å². The van der Waals surface area contributed by atoms with Crippen LogP contribution in [0.4, 0.5) is 6.01 Å². The number of nitrogens with zero attached hydrogens (tertiary/aromatic N) is 2. The highest BCUT2D eigenvalue weighted by Gasteiger charge is 2.15. The maximum atomic E-state index is 12.0. The largest absolute Gasteiger partial charge is 0.451 e. The fourth-order valence-corrected chi connectivity index (χ4v) is 2.22. The van der Waals surface area contributed by atoms with Gasteiger partial charge in [0.2, 0.25) is 0 Å². The second kappa shape index (κ2) is 5.42. The first-order chi connectivity index (χ1) is 11.3. The molecule has 0 saturated heterocycles. The molecule has 0 aliphatic carbocycles. The number of hydrogen-bond acceptors (Lipinski definition) is 5. The van der Waals surface area contributed by atoms with Crippen molar-refractivity contribution >= 4 is 22.9 Å². The number of amides is 1. The minimum absolute atomic E-state index is 0.0225. The van der Waals surface area contributed by atoms with Gasteiger partial charge in [0.05, 0.1) is 0 Å². The summed E-state index contributed by atoms with van der Waals surface area (Å²) in [4.78, 5) is 12.0. The van der Waals surface area contributed by atoms with Crippen molar-refractivity contribution in [1.82, 2.24) is 10.2 Å². The highest BCUT2D eigenvalue weighted by atomic mass is 16.4. The molecule has 0 radical (unpaired) electrons. The molecule has 6 heteroatoms. The molecule has 4 aromatic rings. The van der Waals surface area contributed by atoms with Crippen LogP contribution in [0, 0.1) is 0 Å². The van der Waals surface area contributed by atoms with Gasteiger partial charge in [-0.05, 0) is 24.3 Å². The first-order valence-electron chi connectivity index (χ1n) is 6.98. The van der Waals surface area contributed by atoms with E-state index < -0.39 is 0 Å². The van der Waals surface area contributed by atoms with Crippen LogP contribution in [-0.2, 0) is 0 Å². The molecule has 2 aromatic heterocycles. The summed E-state index contributed by atoms with van der Waals surface area (Å²) in [6.07, 6.45) is 0. The lowest BCUT2D eigenvalue weighted by molar-refractivity contribution is 0.102. The second-order valence-electron chi connectivity index (χ2n) is 4.88. The number of carbonyl (C=O) groups excluding carboxylic acids is 1. The van der Waals surface area contributed by atoms with Gasteiger partial charge in [0.15, 0.2) is 5.76 Å². The Morgan fingerprint density at radius 3 is 2.52 bits per heavy atom. The Morgan fingerprint density at radius 2 is 1.70 bits per heavy atom. The van der Waals surface area contributed by atoms with Gasteiger partial charge >= 0.3 is 6.01 Å². The number of carbonyl (C=O) groups is 1. The van der Waals surface area contributed by atoms with Crippen molar-refractivity contribution in [1.29, 1.82) is 0 Å². The van der Waals surface area contributed by atoms with E-state index in [9.17, 15) is 4.79 Å². The van der Waals surface area contributed by atoms with Crippen molar-refractivity contribution in [3.63, 3.8) is 0 Å². The number of fused-ring (bicyclic) bond motifs is 1. The number of furan rings is 1. The van der Waals surface area contributed by atoms with E-state index in [4.69, 9.17) is 8.83 Å². The molecule has 6 nitrogen and oxygen atoms in total. The topological polar surface area (TPSA) is 81.2 Å². The van der Waals surface area contributed by atoms with Crippen molar-refractivity contribution in [3.8, 4) is 11.7 Å². The minimum atomic E-state index is -0.314. The smallest absolute Gasteiger partial charge is 0.322 e. The SMILES string of the molecule is O=C(Nc1nnc(-c2cc3ccccc3o2)o1)c1ccccc1. The highest BCUT2D eigenvalue weighted by Crippen LogP contribution is 2.27. The molecule has 2 heterocycles. The first kappa shape index (κ1) is 13.3. The maximum Gasteiger partial charge on any atom is 0.322 e. The molecule has 0 bridgehead atoms. The Morgan fingerprint density at radius 1 is 0.913 bits per heavy atom. The fourth-order valence-electron chi connectivity index (χ4n) is 2.22. The molecule has 112 valence electrons. The summed E-state index contributed by atoms with van der Waals surface area (Å²) in [7, 11) is 0. The van der Waals surface area contributed by atoms with Gasteiger partial charge in [-0.1, -0.05) is 41.5 Å². The third-order valence-corrected chi connectivity index (χ3v) is 3.32. The Labute approximate surface area is 130 Å². The zero-order valence-electron chi connectivity index (χ0n) is 11.9. The molecule has 0 atom stereocenters. The predicted molar refractivity (Wildman–Crippen MR) is 83.9 cm³/mol. The Bertz CT molecular complexity index is 940. The molecule has 1 N–H and O–H groups in total. The van der Waals surface area contributed by atoms with Crippen molar-refractivity contribution in [2.24, 2.45) is 0 Å². The summed E-state index contributed by atoms with van der Waals surface area (Å²) < 4.78 is 11.1. The van der Waals surface area contributed by atoms with Gasteiger partial charge < -0.3 is 8.83 Å². The molecule has 0 saturated carbocycles. The number of anilines is 1. The van der Waals surface area contributed by atoms with Crippen LogP contribution >= 0.6 is 0 Å². The number of hydrogen-bond donors (Lipinski definition) is 1. The predicted octanol–water partition coefficient (Wildman–Crippen LogP) is 3.74. The lowest BCUT2D eigenvalue weighted by Gasteiger charge is -1.98. The zero-order valence-corrected chi connectivity index (χ0v) is 11.9. The summed E-state index contributed by atoms with van der Waals surface area (Å²) in [6.45, 7) is 0. The molecule has 0 aliphatic heterocycles. The molecule has 1 amide bonds. The lowest BCUT2D eigenvalue weighted by Crippen LogP contribution is -2.11. The molecule has 0 fully saturated rings. The quantitative estimate of drug-likeness (QED) is 0.623. The first-order valence-corrected chi connectivity index (χ1v) is 6.98. The molecule has 0 unspecified atom stereocenters. The maximum absolute atomic E-state index is 12.0. The minimum Gasteiger partial charge on any atom is -0.451 e. The molecule has 0 spiro atoms. The van der Waals surface area contributed by atoms with Crippen LogP contribution in [0.5, 0.6) is 0 Å².